The van der Waals surface area contributed by atoms with Crippen LogP contribution in [0.1, 0.15) is 24.4 Å². The van der Waals surface area contributed by atoms with Crippen LogP contribution in [0.4, 0.5) is 5.82 Å². The normalized spacial score (nSPS) is 12.2. The van der Waals surface area contributed by atoms with Crippen molar-refractivity contribution in [2.45, 2.75) is 19.9 Å². The molecule has 0 aliphatic heterocycles. The first-order chi connectivity index (χ1) is 15.5. The number of hydrogen-bond acceptors (Lipinski definition) is 5. The zero-order valence-corrected chi connectivity index (χ0v) is 17.7. The molecule has 3 aromatic heterocycles. The fraction of sp³-hybridized carbons (Fsp3) is 0.120. The molecule has 0 saturated heterocycles. The summed E-state index contributed by atoms with van der Waals surface area (Å²) in [5, 5.41) is 24.3. The van der Waals surface area contributed by atoms with Gasteiger partial charge in [0.25, 0.3) is 0 Å². The monoisotopic (exact) mass is 425 g/mol. The number of aryl methyl sites for hydroxylation is 1. The third-order valence-electron chi connectivity index (χ3n) is 5.60. The molecule has 1 atom stereocenters. The summed E-state index contributed by atoms with van der Waals surface area (Å²) in [7, 11) is 0. The van der Waals surface area contributed by atoms with Gasteiger partial charge < -0.3 is 25.5 Å². The predicted octanol–water partition coefficient (Wildman–Crippen LogP) is 5.51. The highest BCUT2D eigenvalue weighted by Gasteiger charge is 2.20. The first-order valence-electron chi connectivity index (χ1n) is 10.4. The average Bonchev–Trinajstić information content (AvgIpc) is 3.39. The number of aromatic hydroxyl groups is 2. The minimum Gasteiger partial charge on any atom is -0.508 e. The number of fused-ring (bicyclic) bond motifs is 1. The minimum absolute atomic E-state index is 0.00451. The fourth-order valence-electron chi connectivity index (χ4n) is 4.12. The lowest BCUT2D eigenvalue weighted by atomic mass is 10.0. The van der Waals surface area contributed by atoms with E-state index in [1.807, 2.05) is 25.1 Å². The molecule has 0 unspecified atom stereocenters. The van der Waals surface area contributed by atoms with E-state index >= 15 is 0 Å². The number of anilines is 1. The van der Waals surface area contributed by atoms with Gasteiger partial charge in [-0.3, -0.25) is 0 Å². The standard InChI is InChI=1S/C25H23N5O2/c1-14-10-19(16-6-4-3-5-7-16)23(29-14)15(2)30-25-22-20(12-26-24(22)27-13-28-25)18-9-8-17(31)11-21(18)32/h3-13,15,29,31-32H,1-2H3,(H2,26,27,28,30)/t15-/m0/s1. The maximum Gasteiger partial charge on any atom is 0.143 e. The summed E-state index contributed by atoms with van der Waals surface area (Å²) in [6, 6.07) is 16.9. The van der Waals surface area contributed by atoms with Gasteiger partial charge in [0, 0.05) is 40.3 Å². The van der Waals surface area contributed by atoms with Gasteiger partial charge in [0.1, 0.15) is 29.3 Å². The van der Waals surface area contributed by atoms with E-state index in [-0.39, 0.29) is 17.5 Å². The van der Waals surface area contributed by atoms with E-state index in [1.54, 1.807) is 18.3 Å². The molecule has 5 aromatic rings. The maximum absolute atomic E-state index is 10.4. The highest BCUT2D eigenvalue weighted by molar-refractivity contribution is 6.02. The van der Waals surface area contributed by atoms with E-state index in [0.29, 0.717) is 17.0 Å². The first-order valence-corrected chi connectivity index (χ1v) is 10.4. The van der Waals surface area contributed by atoms with Crippen molar-refractivity contribution in [2.75, 3.05) is 5.32 Å². The third-order valence-corrected chi connectivity index (χ3v) is 5.60. The number of nitrogens with one attached hydrogen (secondary N) is 3. The number of aromatic nitrogens is 4. The van der Waals surface area contributed by atoms with E-state index in [4.69, 9.17) is 0 Å². The smallest absolute Gasteiger partial charge is 0.143 e. The Labute approximate surface area is 184 Å². The molecule has 2 aromatic carbocycles. The summed E-state index contributed by atoms with van der Waals surface area (Å²) in [5.41, 5.74) is 6.41. The molecule has 0 bridgehead atoms. The van der Waals surface area contributed by atoms with Crippen molar-refractivity contribution in [1.82, 2.24) is 19.9 Å². The van der Waals surface area contributed by atoms with Crippen molar-refractivity contribution >= 4 is 16.9 Å². The second-order valence-corrected chi connectivity index (χ2v) is 7.86. The van der Waals surface area contributed by atoms with Crippen LogP contribution in [0.25, 0.3) is 33.3 Å². The first kappa shape index (κ1) is 19.7. The average molecular weight is 425 g/mol. The topological polar surface area (TPSA) is 110 Å². The van der Waals surface area contributed by atoms with Crippen LogP contribution in [-0.2, 0) is 0 Å². The number of benzene rings is 2. The molecule has 0 saturated carbocycles. The fourth-order valence-corrected chi connectivity index (χ4v) is 4.12. The van der Waals surface area contributed by atoms with Crippen molar-refractivity contribution in [2.24, 2.45) is 0 Å². The number of phenolic OH excluding ortho intramolecular Hbond substituents is 2. The van der Waals surface area contributed by atoms with Crippen LogP contribution in [0.2, 0.25) is 0 Å². The molecule has 5 N–H and O–H groups in total. The molecule has 0 fully saturated rings. The Morgan fingerprint density at radius 3 is 2.53 bits per heavy atom. The number of hydrogen-bond donors (Lipinski definition) is 5. The molecule has 0 aliphatic carbocycles. The zero-order chi connectivity index (χ0) is 22.2. The highest BCUT2D eigenvalue weighted by atomic mass is 16.3. The number of nitrogens with zero attached hydrogens (tertiary/aromatic N) is 2. The van der Waals surface area contributed by atoms with E-state index in [1.165, 1.54) is 12.4 Å². The zero-order valence-electron chi connectivity index (χ0n) is 17.7. The highest BCUT2D eigenvalue weighted by Crippen LogP contribution is 2.39. The van der Waals surface area contributed by atoms with Gasteiger partial charge in [0.2, 0.25) is 0 Å². The Hall–Kier alpha value is -4.26. The van der Waals surface area contributed by atoms with Crippen LogP contribution in [0.3, 0.4) is 0 Å². The lowest BCUT2D eigenvalue weighted by Crippen LogP contribution is -2.10. The van der Waals surface area contributed by atoms with Crippen molar-refractivity contribution < 1.29 is 10.2 Å². The maximum atomic E-state index is 10.4. The van der Waals surface area contributed by atoms with Crippen molar-refractivity contribution in [3.05, 3.63) is 78.5 Å². The number of phenols is 2. The Bertz CT molecular complexity index is 1400. The summed E-state index contributed by atoms with van der Waals surface area (Å²) in [5.74, 6) is 0.641. The van der Waals surface area contributed by atoms with Gasteiger partial charge in [0.15, 0.2) is 0 Å². The number of rotatable bonds is 5. The molecule has 160 valence electrons. The second kappa shape index (κ2) is 7.77. The SMILES string of the molecule is Cc1cc(-c2ccccc2)c([C@H](C)Nc2ncnc3[nH]cc(-c4ccc(O)cc4O)c23)[nH]1. The summed E-state index contributed by atoms with van der Waals surface area (Å²) < 4.78 is 0. The second-order valence-electron chi connectivity index (χ2n) is 7.86. The lowest BCUT2D eigenvalue weighted by Gasteiger charge is -2.17. The van der Waals surface area contributed by atoms with Crippen LogP contribution >= 0.6 is 0 Å². The largest absolute Gasteiger partial charge is 0.508 e. The van der Waals surface area contributed by atoms with Gasteiger partial charge in [0.05, 0.1) is 11.4 Å². The van der Waals surface area contributed by atoms with Crippen LogP contribution < -0.4 is 5.32 Å². The molecule has 7 heteroatoms. The minimum atomic E-state index is -0.0758. The van der Waals surface area contributed by atoms with Crippen LogP contribution in [-0.4, -0.2) is 30.1 Å². The van der Waals surface area contributed by atoms with Crippen LogP contribution in [0, 0.1) is 6.92 Å². The summed E-state index contributed by atoms with van der Waals surface area (Å²) >= 11 is 0. The molecule has 0 amide bonds. The van der Waals surface area contributed by atoms with E-state index in [0.717, 1.165) is 33.5 Å². The third kappa shape index (κ3) is 3.43. The number of H-pyrrole nitrogens is 2. The van der Waals surface area contributed by atoms with E-state index in [9.17, 15) is 10.2 Å². The molecule has 7 nitrogen and oxygen atoms in total. The molecule has 5 rings (SSSR count). The molecule has 3 heterocycles. The summed E-state index contributed by atoms with van der Waals surface area (Å²) in [6.45, 7) is 4.12. The molecule has 32 heavy (non-hydrogen) atoms. The summed E-state index contributed by atoms with van der Waals surface area (Å²) in [6.07, 6.45) is 3.29. The van der Waals surface area contributed by atoms with Crippen molar-refractivity contribution in [1.29, 1.82) is 0 Å². The van der Waals surface area contributed by atoms with E-state index in [2.05, 4.69) is 50.4 Å². The Kier molecular flexibility index (Phi) is 4.78. The van der Waals surface area contributed by atoms with Gasteiger partial charge in [-0.25, -0.2) is 9.97 Å². The quantitative estimate of drug-likeness (QED) is 0.255. The van der Waals surface area contributed by atoms with Gasteiger partial charge in [-0.15, -0.1) is 0 Å². The van der Waals surface area contributed by atoms with Gasteiger partial charge in [-0.05, 0) is 37.6 Å². The Balaban J connectivity index is 1.57. The molecule has 0 spiro atoms. The van der Waals surface area contributed by atoms with Gasteiger partial charge >= 0.3 is 0 Å². The molecular weight excluding hydrogens is 402 g/mol. The van der Waals surface area contributed by atoms with Crippen molar-refractivity contribution in [3.8, 4) is 33.8 Å². The Morgan fingerprint density at radius 2 is 1.75 bits per heavy atom. The van der Waals surface area contributed by atoms with Gasteiger partial charge in [-0.2, -0.15) is 0 Å². The van der Waals surface area contributed by atoms with E-state index < -0.39 is 0 Å². The van der Waals surface area contributed by atoms with Gasteiger partial charge in [-0.1, -0.05) is 30.3 Å². The Morgan fingerprint density at radius 1 is 0.938 bits per heavy atom. The molecule has 0 aliphatic rings. The molecule has 0 radical (unpaired) electrons. The summed E-state index contributed by atoms with van der Waals surface area (Å²) in [4.78, 5) is 15.5. The predicted molar refractivity (Wildman–Crippen MR) is 126 cm³/mol. The lowest BCUT2D eigenvalue weighted by molar-refractivity contribution is 0.452. The van der Waals surface area contributed by atoms with Crippen LogP contribution in [0.15, 0.2) is 67.1 Å². The van der Waals surface area contributed by atoms with Crippen LogP contribution in [0.5, 0.6) is 11.5 Å². The molecular formula is C25H23N5O2. The van der Waals surface area contributed by atoms with Crippen molar-refractivity contribution in [3.63, 3.8) is 0 Å². The number of aromatic amines is 2.